The minimum Gasteiger partial charge on any atom is -0.327 e. The van der Waals surface area contributed by atoms with E-state index in [0.717, 1.165) is 27.8 Å². The minimum atomic E-state index is -0.289. The largest absolute Gasteiger partial charge is 0.327 e. The molecule has 0 saturated heterocycles. The van der Waals surface area contributed by atoms with E-state index in [1.54, 1.807) is 24.3 Å². The van der Waals surface area contributed by atoms with Crippen molar-refractivity contribution in [2.45, 2.75) is 10.9 Å². The zero-order valence-electron chi connectivity index (χ0n) is 13.9. The highest BCUT2D eigenvalue weighted by Gasteiger charge is 2.16. The van der Waals surface area contributed by atoms with Crippen LogP contribution in [0.5, 0.6) is 0 Å². The molecule has 3 aromatic rings. The maximum atomic E-state index is 12.5. The number of amides is 2. The summed E-state index contributed by atoms with van der Waals surface area (Å²) in [4.78, 5) is 13.3. The third-order valence-corrected chi connectivity index (χ3v) is 4.42. The Labute approximate surface area is 156 Å². The van der Waals surface area contributed by atoms with E-state index < -0.39 is 0 Å². The van der Waals surface area contributed by atoms with Crippen molar-refractivity contribution in [3.8, 4) is 5.40 Å². The number of nitrogens with one attached hydrogen (secondary N) is 2. The molecule has 5 heteroatoms. The van der Waals surface area contributed by atoms with Gasteiger partial charge in [0.15, 0.2) is 0 Å². The highest BCUT2D eigenvalue weighted by atomic mass is 32.2. The quantitative estimate of drug-likeness (QED) is 0.488. The van der Waals surface area contributed by atoms with Crippen molar-refractivity contribution in [2.75, 3.05) is 5.32 Å². The molecule has 0 aliphatic rings. The molecule has 0 fully saturated rings. The Morgan fingerprint density at radius 3 is 1.88 bits per heavy atom. The molecule has 0 aromatic heterocycles. The van der Waals surface area contributed by atoms with Crippen LogP contribution in [0.4, 0.5) is 10.5 Å². The first-order valence-corrected chi connectivity index (χ1v) is 8.91. The molecule has 2 N–H and O–H groups in total. The van der Waals surface area contributed by atoms with Crippen molar-refractivity contribution >= 4 is 23.5 Å². The van der Waals surface area contributed by atoms with Gasteiger partial charge >= 0.3 is 6.03 Å². The summed E-state index contributed by atoms with van der Waals surface area (Å²) in [5, 5.41) is 16.6. The first-order valence-electron chi connectivity index (χ1n) is 8.09. The van der Waals surface area contributed by atoms with E-state index in [9.17, 15) is 4.79 Å². The fourth-order valence-corrected chi connectivity index (χ4v) is 2.98. The summed E-state index contributed by atoms with van der Waals surface area (Å²) in [6, 6.07) is 26.3. The Morgan fingerprint density at radius 2 is 1.38 bits per heavy atom. The predicted molar refractivity (Wildman–Crippen MR) is 105 cm³/mol. The van der Waals surface area contributed by atoms with Crippen LogP contribution in [0.15, 0.2) is 89.8 Å². The van der Waals surface area contributed by atoms with E-state index in [0.29, 0.717) is 5.69 Å². The predicted octanol–water partition coefficient (Wildman–Crippen LogP) is 5.17. The van der Waals surface area contributed by atoms with Gasteiger partial charge in [0.1, 0.15) is 5.40 Å². The number of hydrogen-bond acceptors (Lipinski definition) is 3. The summed E-state index contributed by atoms with van der Waals surface area (Å²) in [7, 11) is 0. The van der Waals surface area contributed by atoms with Crippen LogP contribution in [-0.2, 0) is 0 Å². The Hall–Kier alpha value is -3.23. The van der Waals surface area contributed by atoms with E-state index in [1.165, 1.54) is 0 Å². The summed E-state index contributed by atoms with van der Waals surface area (Å²) in [6.45, 7) is 0. The van der Waals surface area contributed by atoms with Gasteiger partial charge in [-0.25, -0.2) is 4.79 Å². The number of urea groups is 1. The molecule has 0 spiro atoms. The van der Waals surface area contributed by atoms with Crippen molar-refractivity contribution in [1.29, 1.82) is 5.26 Å². The van der Waals surface area contributed by atoms with Crippen LogP contribution in [0.25, 0.3) is 0 Å². The smallest absolute Gasteiger partial charge is 0.319 e. The first-order chi connectivity index (χ1) is 12.8. The summed E-state index contributed by atoms with van der Waals surface area (Å²) in [5.74, 6) is 0. The van der Waals surface area contributed by atoms with E-state index in [-0.39, 0.29) is 12.1 Å². The highest BCUT2D eigenvalue weighted by molar-refractivity contribution is 8.03. The summed E-state index contributed by atoms with van der Waals surface area (Å²) < 4.78 is 0. The second-order valence-corrected chi connectivity index (χ2v) is 6.43. The number of nitriles is 1. The SMILES string of the molecule is N#CSc1ccc(NC(=O)NC(c2ccccc2)c2ccccc2)cc1. The highest BCUT2D eigenvalue weighted by Crippen LogP contribution is 2.22. The summed E-state index contributed by atoms with van der Waals surface area (Å²) in [6.07, 6.45) is 0. The van der Waals surface area contributed by atoms with Gasteiger partial charge in [-0.1, -0.05) is 60.7 Å². The standard InChI is InChI=1S/C21H17N3OS/c22-15-26-19-13-11-18(12-14-19)23-21(25)24-20(16-7-3-1-4-8-16)17-9-5-2-6-10-17/h1-14,20H,(H2,23,24,25). The third-order valence-electron chi connectivity index (χ3n) is 3.82. The van der Waals surface area contributed by atoms with Crippen LogP contribution >= 0.6 is 11.8 Å². The molecule has 0 heterocycles. The number of benzene rings is 3. The van der Waals surface area contributed by atoms with Crippen molar-refractivity contribution < 1.29 is 4.79 Å². The van der Waals surface area contributed by atoms with E-state index in [2.05, 4.69) is 10.6 Å². The van der Waals surface area contributed by atoms with Crippen LogP contribution in [0.2, 0.25) is 0 Å². The van der Waals surface area contributed by atoms with Gasteiger partial charge in [0, 0.05) is 10.6 Å². The van der Waals surface area contributed by atoms with Crippen molar-refractivity contribution in [1.82, 2.24) is 5.32 Å². The maximum Gasteiger partial charge on any atom is 0.319 e. The molecule has 2 amide bonds. The molecule has 128 valence electrons. The maximum absolute atomic E-state index is 12.5. The number of rotatable bonds is 5. The van der Waals surface area contributed by atoms with Crippen molar-refractivity contribution in [3.05, 3.63) is 96.1 Å². The zero-order chi connectivity index (χ0) is 18.2. The third kappa shape index (κ3) is 4.65. The molecule has 0 saturated carbocycles. The number of nitrogens with zero attached hydrogens (tertiary/aromatic N) is 1. The molecule has 26 heavy (non-hydrogen) atoms. The van der Waals surface area contributed by atoms with Gasteiger partial charge in [-0.15, -0.1) is 0 Å². The fourth-order valence-electron chi connectivity index (χ4n) is 2.61. The molecule has 0 aliphatic heterocycles. The Morgan fingerprint density at radius 1 is 0.846 bits per heavy atom. The van der Waals surface area contributed by atoms with Crippen molar-refractivity contribution in [2.24, 2.45) is 0 Å². The van der Waals surface area contributed by atoms with Crippen LogP contribution < -0.4 is 10.6 Å². The van der Waals surface area contributed by atoms with E-state index >= 15 is 0 Å². The van der Waals surface area contributed by atoms with Gasteiger partial charge in [0.05, 0.1) is 6.04 Å². The lowest BCUT2D eigenvalue weighted by Crippen LogP contribution is -2.33. The molecule has 0 bridgehead atoms. The molecule has 3 rings (SSSR count). The minimum absolute atomic E-state index is 0.245. The normalized spacial score (nSPS) is 10.2. The average Bonchev–Trinajstić information content (AvgIpc) is 2.69. The number of carbonyl (C=O) groups excluding carboxylic acids is 1. The average molecular weight is 359 g/mol. The van der Waals surface area contributed by atoms with E-state index in [4.69, 9.17) is 5.26 Å². The van der Waals surface area contributed by atoms with Gasteiger partial charge in [-0.3, -0.25) is 0 Å². The number of anilines is 1. The van der Waals surface area contributed by atoms with E-state index in [1.807, 2.05) is 66.1 Å². The summed E-state index contributed by atoms with van der Waals surface area (Å²) in [5.41, 5.74) is 2.69. The topological polar surface area (TPSA) is 64.9 Å². The van der Waals surface area contributed by atoms with Crippen LogP contribution in [0.1, 0.15) is 17.2 Å². The number of carbonyl (C=O) groups is 1. The lowest BCUT2D eigenvalue weighted by atomic mass is 9.99. The lowest BCUT2D eigenvalue weighted by molar-refractivity contribution is 0.250. The molecular weight excluding hydrogens is 342 g/mol. The molecular formula is C21H17N3OS. The van der Waals surface area contributed by atoms with Gasteiger partial charge in [0.25, 0.3) is 0 Å². The van der Waals surface area contributed by atoms with Gasteiger partial charge in [-0.05, 0) is 47.2 Å². The molecule has 3 aromatic carbocycles. The van der Waals surface area contributed by atoms with Crippen LogP contribution in [0.3, 0.4) is 0 Å². The number of hydrogen-bond donors (Lipinski definition) is 2. The number of thiocyanates is 1. The van der Waals surface area contributed by atoms with Gasteiger partial charge in [0.2, 0.25) is 0 Å². The van der Waals surface area contributed by atoms with Gasteiger partial charge < -0.3 is 10.6 Å². The van der Waals surface area contributed by atoms with Gasteiger partial charge in [-0.2, -0.15) is 5.26 Å². The molecule has 0 radical (unpaired) electrons. The lowest BCUT2D eigenvalue weighted by Gasteiger charge is -2.20. The Bertz CT molecular complexity index is 851. The first kappa shape index (κ1) is 17.6. The van der Waals surface area contributed by atoms with Crippen LogP contribution in [0, 0.1) is 10.7 Å². The molecule has 0 aliphatic carbocycles. The molecule has 0 unspecified atom stereocenters. The molecule has 4 nitrogen and oxygen atoms in total. The monoisotopic (exact) mass is 359 g/mol. The Balaban J connectivity index is 1.74. The second kappa shape index (κ2) is 8.75. The van der Waals surface area contributed by atoms with Crippen molar-refractivity contribution in [3.63, 3.8) is 0 Å². The molecule has 0 atom stereocenters. The fraction of sp³-hybridized carbons (Fsp3) is 0.0476. The van der Waals surface area contributed by atoms with Crippen LogP contribution in [-0.4, -0.2) is 6.03 Å². The zero-order valence-corrected chi connectivity index (χ0v) is 14.7. The number of thioether (sulfide) groups is 1. The second-order valence-electron chi connectivity index (χ2n) is 5.57. The Kier molecular flexibility index (Phi) is 5.92. The summed E-state index contributed by atoms with van der Waals surface area (Å²) >= 11 is 1.09.